The zero-order valence-corrected chi connectivity index (χ0v) is 8.55. The third kappa shape index (κ3) is 2.35. The maximum atomic E-state index is 10.8. The summed E-state index contributed by atoms with van der Waals surface area (Å²) in [7, 11) is 0. The zero-order chi connectivity index (χ0) is 12.1. The molecule has 0 radical (unpaired) electrons. The van der Waals surface area contributed by atoms with Crippen LogP contribution in [0.15, 0.2) is 24.8 Å². The van der Waals surface area contributed by atoms with Gasteiger partial charge in [0.15, 0.2) is 12.0 Å². The molecular weight excluding hydrogens is 210 g/mol. The average molecular weight is 222 g/mol. The Hall–Kier alpha value is -2.37. The highest BCUT2D eigenvalue weighted by atomic mass is 16.6. The lowest BCUT2D eigenvalue weighted by Gasteiger charge is -2.06. The smallest absolute Gasteiger partial charge is 0.311 e. The van der Waals surface area contributed by atoms with Crippen molar-refractivity contribution in [2.75, 3.05) is 12.3 Å². The summed E-state index contributed by atoms with van der Waals surface area (Å²) in [6.07, 6.45) is 2.70. The number of nitrogen functional groups attached to an aromatic ring is 1. The van der Waals surface area contributed by atoms with Crippen LogP contribution in [0.4, 0.5) is 11.4 Å². The minimum atomic E-state index is -0.551. The van der Waals surface area contributed by atoms with E-state index >= 15 is 0 Å². The number of benzene rings is 1. The minimum Gasteiger partial charge on any atom is -0.483 e. The van der Waals surface area contributed by atoms with Gasteiger partial charge in [-0.2, -0.15) is 0 Å². The van der Waals surface area contributed by atoms with E-state index in [0.717, 1.165) is 0 Å². The average Bonchev–Trinajstić information content (AvgIpc) is 2.25. The van der Waals surface area contributed by atoms with Crippen LogP contribution in [0.5, 0.6) is 5.75 Å². The first-order valence-corrected chi connectivity index (χ1v) is 4.46. The van der Waals surface area contributed by atoms with Crippen molar-refractivity contribution in [1.82, 2.24) is 0 Å². The number of nitrogens with zero attached hydrogens (tertiary/aromatic N) is 1. The molecular formula is C10H12N3O3+. The van der Waals surface area contributed by atoms with Crippen LogP contribution in [0.3, 0.4) is 0 Å². The monoisotopic (exact) mass is 222 g/mol. The second kappa shape index (κ2) is 4.92. The molecule has 1 aromatic carbocycles. The van der Waals surface area contributed by atoms with Gasteiger partial charge in [-0.15, -0.1) is 0 Å². The van der Waals surface area contributed by atoms with E-state index in [2.05, 4.69) is 6.58 Å². The number of nitro benzene ring substituents is 1. The van der Waals surface area contributed by atoms with E-state index in [-0.39, 0.29) is 18.0 Å². The summed E-state index contributed by atoms with van der Waals surface area (Å²) in [5.41, 5.74) is 6.19. The molecule has 0 heterocycles. The lowest BCUT2D eigenvalue weighted by Crippen LogP contribution is -2.30. The Bertz CT molecular complexity index is 443. The summed E-state index contributed by atoms with van der Waals surface area (Å²) >= 11 is 0. The van der Waals surface area contributed by atoms with Gasteiger partial charge in [-0.05, 0) is 0 Å². The molecule has 0 atom stereocenters. The quantitative estimate of drug-likeness (QED) is 0.239. The summed E-state index contributed by atoms with van der Waals surface area (Å²) in [6, 6.07) is 2.65. The van der Waals surface area contributed by atoms with Gasteiger partial charge in [-0.1, -0.05) is 12.7 Å². The number of nitro groups is 1. The normalized spacial score (nSPS) is 9.50. The predicted molar refractivity (Wildman–Crippen MR) is 60.3 cm³/mol. The van der Waals surface area contributed by atoms with Crippen molar-refractivity contribution in [2.45, 2.75) is 0 Å². The Morgan fingerprint density at radius 2 is 2.31 bits per heavy atom. The fourth-order valence-electron chi connectivity index (χ4n) is 1.15. The first-order valence-electron chi connectivity index (χ1n) is 4.46. The molecule has 0 aliphatic rings. The maximum Gasteiger partial charge on any atom is 0.311 e. The van der Waals surface area contributed by atoms with Crippen LogP contribution in [0.1, 0.15) is 5.56 Å². The Morgan fingerprint density at radius 3 is 2.81 bits per heavy atom. The molecule has 1 rings (SSSR count). The fraction of sp³-hybridized carbons (Fsp3) is 0.100. The second-order valence-electron chi connectivity index (χ2n) is 2.97. The molecule has 0 saturated heterocycles. The highest BCUT2D eigenvalue weighted by Gasteiger charge is 2.18. The van der Waals surface area contributed by atoms with Crippen molar-refractivity contribution in [3.05, 3.63) is 40.5 Å². The van der Waals surface area contributed by atoms with Gasteiger partial charge in [0, 0.05) is 17.8 Å². The molecule has 6 nitrogen and oxygen atoms in total. The molecule has 4 N–H and O–H groups in total. The zero-order valence-electron chi connectivity index (χ0n) is 8.55. The fourth-order valence-corrected chi connectivity index (χ4v) is 1.15. The molecule has 0 aliphatic heterocycles. The van der Waals surface area contributed by atoms with Gasteiger partial charge in [0.25, 0.3) is 0 Å². The van der Waals surface area contributed by atoms with Crippen molar-refractivity contribution in [2.24, 2.45) is 0 Å². The van der Waals surface area contributed by atoms with Crippen molar-refractivity contribution in [3.8, 4) is 5.75 Å². The lowest BCUT2D eigenvalue weighted by atomic mass is 10.1. The van der Waals surface area contributed by atoms with Crippen molar-refractivity contribution in [1.29, 1.82) is 0 Å². The summed E-state index contributed by atoms with van der Waals surface area (Å²) in [4.78, 5) is 10.2. The molecule has 0 saturated carbocycles. The second-order valence-corrected chi connectivity index (χ2v) is 2.97. The number of hydrogen-bond acceptors (Lipinski definition) is 4. The van der Waals surface area contributed by atoms with Gasteiger partial charge < -0.3 is 10.5 Å². The standard InChI is InChI=1S/C10H11N3O3/c1-2-3-16-10-5-8(12)7(6-11)4-9(10)13(14)15/h2,4-6,11H,1,3,12H2/p+1. The van der Waals surface area contributed by atoms with Crippen molar-refractivity contribution < 1.29 is 15.1 Å². The first kappa shape index (κ1) is 11.7. The van der Waals surface area contributed by atoms with Crippen LogP contribution in [-0.2, 0) is 0 Å². The summed E-state index contributed by atoms with van der Waals surface area (Å²) in [5.74, 6) is 0.105. The van der Waals surface area contributed by atoms with E-state index in [1.165, 1.54) is 24.4 Å². The predicted octanol–water partition coefficient (Wildman–Crippen LogP) is -0.0802. The molecule has 1 aromatic rings. The van der Waals surface area contributed by atoms with E-state index in [0.29, 0.717) is 11.3 Å². The Balaban J connectivity index is 3.23. The summed E-state index contributed by atoms with van der Waals surface area (Å²) in [5, 5.41) is 16.1. The third-order valence-electron chi connectivity index (χ3n) is 1.90. The molecule has 0 spiro atoms. The largest absolute Gasteiger partial charge is 0.483 e. The van der Waals surface area contributed by atoms with Crippen LogP contribution < -0.4 is 15.9 Å². The molecule has 0 aromatic heterocycles. The van der Waals surface area contributed by atoms with Crippen LogP contribution in [0, 0.1) is 10.1 Å². The number of nitrogens with two attached hydrogens (primary N) is 2. The van der Waals surface area contributed by atoms with Crippen molar-refractivity contribution in [3.63, 3.8) is 0 Å². The van der Waals surface area contributed by atoms with Gasteiger partial charge in [-0.25, -0.2) is 0 Å². The third-order valence-corrected chi connectivity index (χ3v) is 1.90. The SMILES string of the molecule is C=CCOc1cc(N)c(C=[NH2+])cc1[N+](=O)[O-]. The van der Waals surface area contributed by atoms with Gasteiger partial charge >= 0.3 is 5.69 Å². The highest BCUT2D eigenvalue weighted by Crippen LogP contribution is 2.31. The highest BCUT2D eigenvalue weighted by molar-refractivity contribution is 5.85. The lowest BCUT2D eigenvalue weighted by molar-refractivity contribution is -0.385. The molecule has 0 unspecified atom stereocenters. The Labute approximate surface area is 92.0 Å². The molecule has 6 heteroatoms. The van der Waals surface area contributed by atoms with Gasteiger partial charge in [0.2, 0.25) is 0 Å². The number of ether oxygens (including phenoxy) is 1. The van der Waals surface area contributed by atoms with E-state index in [1.807, 2.05) is 0 Å². The maximum absolute atomic E-state index is 10.8. The van der Waals surface area contributed by atoms with E-state index in [9.17, 15) is 10.1 Å². The molecule has 0 fully saturated rings. The molecule has 0 amide bonds. The minimum absolute atomic E-state index is 0.105. The number of anilines is 1. The Kier molecular flexibility index (Phi) is 3.60. The molecule has 84 valence electrons. The van der Waals surface area contributed by atoms with E-state index in [1.54, 1.807) is 0 Å². The first-order chi connectivity index (χ1) is 7.60. The Morgan fingerprint density at radius 1 is 1.62 bits per heavy atom. The van der Waals surface area contributed by atoms with E-state index < -0.39 is 4.92 Å². The summed E-state index contributed by atoms with van der Waals surface area (Å²) in [6.45, 7) is 3.63. The number of rotatable bonds is 5. The van der Waals surface area contributed by atoms with Gasteiger partial charge in [-0.3, -0.25) is 15.5 Å². The van der Waals surface area contributed by atoms with Crippen LogP contribution in [0.2, 0.25) is 0 Å². The van der Waals surface area contributed by atoms with Crippen molar-refractivity contribution >= 4 is 17.6 Å². The van der Waals surface area contributed by atoms with Gasteiger partial charge in [0.05, 0.1) is 10.5 Å². The topological polar surface area (TPSA) is 104 Å². The molecule has 0 aliphatic carbocycles. The number of hydrogen-bond donors (Lipinski definition) is 2. The molecule has 0 bridgehead atoms. The van der Waals surface area contributed by atoms with Crippen LogP contribution in [-0.4, -0.2) is 17.7 Å². The van der Waals surface area contributed by atoms with Crippen LogP contribution >= 0.6 is 0 Å². The summed E-state index contributed by atoms with van der Waals surface area (Å²) < 4.78 is 5.13. The van der Waals surface area contributed by atoms with Gasteiger partial charge in [0.1, 0.15) is 6.61 Å². The van der Waals surface area contributed by atoms with E-state index in [4.69, 9.17) is 15.9 Å². The van der Waals surface area contributed by atoms with Crippen LogP contribution in [0.25, 0.3) is 0 Å². The molecule has 16 heavy (non-hydrogen) atoms.